The molecule has 3 aromatic rings. The van der Waals surface area contributed by atoms with Crippen molar-refractivity contribution in [2.45, 2.75) is 63.8 Å². The summed E-state index contributed by atoms with van der Waals surface area (Å²) in [7, 11) is 0. The van der Waals surface area contributed by atoms with Gasteiger partial charge in [0.2, 0.25) is 0 Å². The van der Waals surface area contributed by atoms with Gasteiger partial charge in [0.05, 0.1) is 47.3 Å². The summed E-state index contributed by atoms with van der Waals surface area (Å²) in [5.41, 5.74) is 9.57. The van der Waals surface area contributed by atoms with Crippen LogP contribution in [-0.4, -0.2) is 80.8 Å². The maximum atomic E-state index is 13.8. The summed E-state index contributed by atoms with van der Waals surface area (Å²) in [6.07, 6.45) is 6.47. The molecule has 0 aliphatic carbocycles. The largest absolute Gasteiger partial charge is 0.393 e. The zero-order chi connectivity index (χ0) is 28.6. The van der Waals surface area contributed by atoms with Gasteiger partial charge >= 0.3 is 0 Å². The minimum Gasteiger partial charge on any atom is -0.393 e. The summed E-state index contributed by atoms with van der Waals surface area (Å²) < 4.78 is 11.1. The Labute approximate surface area is 244 Å². The lowest BCUT2D eigenvalue weighted by Gasteiger charge is -2.35. The molecular formula is C28H38ClN7O3S. The van der Waals surface area contributed by atoms with E-state index in [1.807, 2.05) is 50.3 Å². The lowest BCUT2D eigenvalue weighted by atomic mass is 9.98. The van der Waals surface area contributed by atoms with Crippen LogP contribution in [0.4, 0.5) is 11.5 Å². The Morgan fingerprint density at radius 1 is 1.30 bits per heavy atom. The van der Waals surface area contributed by atoms with Crippen LogP contribution in [0.25, 0.3) is 5.65 Å². The number of nitrogens with one attached hydrogen (secondary N) is 1. The normalized spacial score (nSPS) is 21.8. The number of aliphatic hydroxyl groups excluding tert-OH is 1. The second-order valence-corrected chi connectivity index (χ2v) is 12.3. The number of carbonyl (C=O) groups excluding carboxylic acids is 1. The highest BCUT2D eigenvalue weighted by atomic mass is 35.5. The van der Waals surface area contributed by atoms with Crippen LogP contribution in [0.5, 0.6) is 0 Å². The molecule has 0 spiro atoms. The third-order valence-electron chi connectivity index (χ3n) is 7.61. The van der Waals surface area contributed by atoms with Gasteiger partial charge in [-0.25, -0.2) is 9.50 Å². The molecule has 3 unspecified atom stereocenters. The summed E-state index contributed by atoms with van der Waals surface area (Å²) >= 11 is 7.72. The van der Waals surface area contributed by atoms with E-state index in [0.717, 1.165) is 47.7 Å². The minimum absolute atomic E-state index is 0.0615. The van der Waals surface area contributed by atoms with Crippen molar-refractivity contribution in [3.8, 4) is 0 Å². The molecule has 2 aromatic heterocycles. The van der Waals surface area contributed by atoms with Crippen LogP contribution in [0.1, 0.15) is 60.8 Å². The van der Waals surface area contributed by atoms with Gasteiger partial charge in [-0.15, -0.1) is 0 Å². The average molecular weight is 588 g/mol. The fourth-order valence-electron chi connectivity index (χ4n) is 5.58. The molecule has 10 nitrogen and oxygen atoms in total. The van der Waals surface area contributed by atoms with Gasteiger partial charge in [0.1, 0.15) is 5.82 Å². The number of carbonyl (C=O) groups is 1. The predicted molar refractivity (Wildman–Crippen MR) is 160 cm³/mol. The molecule has 5 rings (SSSR count). The van der Waals surface area contributed by atoms with Crippen LogP contribution >= 0.6 is 23.5 Å². The van der Waals surface area contributed by atoms with Crippen molar-refractivity contribution in [1.82, 2.24) is 19.5 Å². The lowest BCUT2D eigenvalue weighted by Crippen LogP contribution is -2.42. The number of aromatic nitrogens is 3. The predicted octanol–water partition coefficient (Wildman–Crippen LogP) is 4.05. The number of hydrogen-bond donors (Lipinski definition) is 3. The Hall–Kier alpha value is -2.57. The second kappa shape index (κ2) is 11.7. The quantitative estimate of drug-likeness (QED) is 0.335. The van der Waals surface area contributed by atoms with E-state index in [2.05, 4.69) is 9.62 Å². The Morgan fingerprint density at radius 3 is 2.85 bits per heavy atom. The molecular weight excluding hydrogens is 550 g/mol. The standard InChI is InChI=1S/C28H38ClN7O3S/c1-17-13-36-25(31-26(17)34-14-20(30)24(15-34)39-28(2,3)16-37)12-22(32-36)23-7-5-6-10-35(23)27(38)19-11-18(29)8-9-21(19)33-40-4/h8-9,11-13,20,23-24,33,37H,5-7,10,14-16,30H2,1-4H3. The van der Waals surface area contributed by atoms with Crippen LogP contribution in [0.15, 0.2) is 30.5 Å². The number of benzene rings is 1. The van der Waals surface area contributed by atoms with Crippen molar-refractivity contribution < 1.29 is 14.6 Å². The monoisotopic (exact) mass is 587 g/mol. The van der Waals surface area contributed by atoms with E-state index in [1.165, 1.54) is 11.9 Å². The summed E-state index contributed by atoms with van der Waals surface area (Å²) in [6, 6.07) is 6.99. The number of anilines is 2. The number of halogens is 1. The fourth-order valence-corrected chi connectivity index (χ4v) is 6.15. The lowest BCUT2D eigenvalue weighted by molar-refractivity contribution is -0.0938. The molecule has 1 amide bonds. The molecule has 4 heterocycles. The van der Waals surface area contributed by atoms with Gasteiger partial charge in [-0.1, -0.05) is 23.5 Å². The average Bonchev–Trinajstić information content (AvgIpc) is 3.51. The molecule has 1 aromatic carbocycles. The Balaban J connectivity index is 1.42. The number of hydrogen-bond acceptors (Lipinski definition) is 9. The number of aryl methyl sites for hydroxylation is 1. The zero-order valence-electron chi connectivity index (χ0n) is 23.4. The van der Waals surface area contributed by atoms with E-state index in [4.69, 9.17) is 32.2 Å². The molecule has 0 bridgehead atoms. The SMILES string of the molecule is CSNc1ccc(Cl)cc1C(=O)N1CCCCC1c1cc2nc(N3CC(N)C(OC(C)(C)CO)C3)c(C)cn2n1. The van der Waals surface area contributed by atoms with E-state index < -0.39 is 5.60 Å². The number of likely N-dealkylation sites (tertiary alicyclic amines) is 1. The molecule has 2 aliphatic heterocycles. The molecule has 3 atom stereocenters. The third kappa shape index (κ3) is 5.89. The highest BCUT2D eigenvalue weighted by Gasteiger charge is 2.37. The van der Waals surface area contributed by atoms with Crippen LogP contribution in [-0.2, 0) is 4.74 Å². The Kier molecular flexibility index (Phi) is 8.49. The molecule has 216 valence electrons. The first-order valence-electron chi connectivity index (χ1n) is 13.7. The van der Waals surface area contributed by atoms with Crippen molar-refractivity contribution in [3.63, 3.8) is 0 Å². The smallest absolute Gasteiger partial charge is 0.256 e. The number of fused-ring (bicyclic) bond motifs is 1. The molecule has 2 aliphatic rings. The molecule has 2 saturated heterocycles. The first-order valence-corrected chi connectivity index (χ1v) is 15.3. The zero-order valence-corrected chi connectivity index (χ0v) is 25.0. The molecule has 2 fully saturated rings. The summed E-state index contributed by atoms with van der Waals surface area (Å²) in [5.74, 6) is 0.777. The van der Waals surface area contributed by atoms with Crippen molar-refractivity contribution in [1.29, 1.82) is 0 Å². The van der Waals surface area contributed by atoms with Crippen LogP contribution in [0, 0.1) is 6.92 Å². The Bertz CT molecular complexity index is 1380. The van der Waals surface area contributed by atoms with Gasteiger partial charge in [-0.2, -0.15) is 5.10 Å². The fraction of sp³-hybridized carbons (Fsp3) is 0.536. The number of rotatable bonds is 8. The van der Waals surface area contributed by atoms with E-state index in [0.29, 0.717) is 30.2 Å². The van der Waals surface area contributed by atoms with E-state index in [-0.39, 0.29) is 30.7 Å². The van der Waals surface area contributed by atoms with E-state index in [9.17, 15) is 9.90 Å². The number of ether oxygens (including phenoxy) is 1. The van der Waals surface area contributed by atoms with Crippen molar-refractivity contribution in [3.05, 3.63) is 52.3 Å². The minimum atomic E-state index is -0.661. The van der Waals surface area contributed by atoms with Gasteiger partial charge in [-0.3, -0.25) is 4.79 Å². The van der Waals surface area contributed by atoms with Gasteiger partial charge in [0, 0.05) is 48.7 Å². The maximum Gasteiger partial charge on any atom is 0.256 e. The van der Waals surface area contributed by atoms with Crippen LogP contribution in [0.2, 0.25) is 5.02 Å². The number of nitrogens with two attached hydrogens (primary N) is 1. The summed E-state index contributed by atoms with van der Waals surface area (Å²) in [6.45, 7) is 7.50. The van der Waals surface area contributed by atoms with Gasteiger partial charge < -0.3 is 30.1 Å². The first kappa shape index (κ1) is 28.9. The summed E-state index contributed by atoms with van der Waals surface area (Å²) in [5, 5.41) is 15.0. The van der Waals surface area contributed by atoms with Crippen molar-refractivity contribution >= 4 is 46.6 Å². The molecule has 4 N–H and O–H groups in total. The molecule has 0 radical (unpaired) electrons. The van der Waals surface area contributed by atoms with E-state index >= 15 is 0 Å². The van der Waals surface area contributed by atoms with Crippen LogP contribution < -0.4 is 15.4 Å². The van der Waals surface area contributed by atoms with Gasteiger partial charge in [0.15, 0.2) is 5.65 Å². The number of piperidine rings is 1. The highest BCUT2D eigenvalue weighted by molar-refractivity contribution is 7.99. The third-order valence-corrected chi connectivity index (χ3v) is 8.27. The molecule has 12 heteroatoms. The van der Waals surface area contributed by atoms with E-state index in [1.54, 1.807) is 16.6 Å². The topological polar surface area (TPSA) is 121 Å². The number of aliphatic hydroxyl groups is 1. The van der Waals surface area contributed by atoms with Crippen molar-refractivity contribution in [2.24, 2.45) is 5.73 Å². The number of nitrogens with zero attached hydrogens (tertiary/aromatic N) is 5. The highest BCUT2D eigenvalue weighted by Crippen LogP contribution is 2.35. The first-order chi connectivity index (χ1) is 19.1. The molecule has 40 heavy (non-hydrogen) atoms. The van der Waals surface area contributed by atoms with Crippen LogP contribution in [0.3, 0.4) is 0 Å². The second-order valence-electron chi connectivity index (χ2n) is 11.3. The number of amides is 1. The maximum absolute atomic E-state index is 13.8. The molecule has 0 saturated carbocycles. The van der Waals surface area contributed by atoms with Gasteiger partial charge in [0.25, 0.3) is 5.91 Å². The van der Waals surface area contributed by atoms with Gasteiger partial charge in [-0.05, 0) is 58.2 Å². The van der Waals surface area contributed by atoms with Crippen molar-refractivity contribution in [2.75, 3.05) is 42.1 Å². The Morgan fingerprint density at radius 2 is 2.10 bits per heavy atom. The summed E-state index contributed by atoms with van der Waals surface area (Å²) in [4.78, 5) is 22.9.